The van der Waals surface area contributed by atoms with Crippen molar-refractivity contribution in [1.82, 2.24) is 0 Å². The zero-order valence-electron chi connectivity index (χ0n) is 8.87. The van der Waals surface area contributed by atoms with Gasteiger partial charge in [-0.2, -0.15) is 0 Å². The highest BCUT2D eigenvalue weighted by Gasteiger charge is 2.13. The van der Waals surface area contributed by atoms with Gasteiger partial charge in [0.05, 0.1) is 4.92 Å². The summed E-state index contributed by atoms with van der Waals surface area (Å²) in [5, 5.41) is 19.1. The van der Waals surface area contributed by atoms with Gasteiger partial charge in [-0.15, -0.1) is 0 Å². The monoisotopic (exact) mass is 257 g/mol. The van der Waals surface area contributed by atoms with Gasteiger partial charge in [0.25, 0.3) is 5.69 Å². The van der Waals surface area contributed by atoms with Gasteiger partial charge in [-0.3, -0.25) is 19.1 Å². The Morgan fingerprint density at radius 2 is 2.06 bits per heavy atom. The number of para-hydroxylation sites is 1. The van der Waals surface area contributed by atoms with Crippen LogP contribution in [0.15, 0.2) is 24.3 Å². The molecule has 0 bridgehead atoms. The van der Waals surface area contributed by atoms with Crippen molar-refractivity contribution in [3.05, 3.63) is 39.9 Å². The van der Waals surface area contributed by atoms with Crippen molar-refractivity contribution >= 4 is 22.5 Å². The first-order chi connectivity index (χ1) is 8.00. The lowest BCUT2D eigenvalue weighted by Gasteiger charge is -2.02. The van der Waals surface area contributed by atoms with Gasteiger partial charge in [-0.25, -0.2) is 0 Å². The van der Waals surface area contributed by atoms with Crippen molar-refractivity contribution in [3.8, 4) is 0 Å². The molecule has 1 aromatic rings. The smallest absolute Gasteiger partial charge is 0.316 e. The largest absolute Gasteiger partial charge is 0.481 e. The summed E-state index contributed by atoms with van der Waals surface area (Å²) in [4.78, 5) is 20.5. The number of aliphatic carboxylic acids is 1. The van der Waals surface area contributed by atoms with E-state index in [1.165, 1.54) is 6.07 Å². The summed E-state index contributed by atoms with van der Waals surface area (Å²) in [6, 6.07) is 6.16. The molecule has 1 atom stereocenters. The maximum atomic E-state index is 11.3. The van der Waals surface area contributed by atoms with Crippen LogP contribution in [0.2, 0.25) is 0 Å². The fourth-order valence-corrected chi connectivity index (χ4v) is 2.20. The van der Waals surface area contributed by atoms with Crippen LogP contribution in [0.1, 0.15) is 5.56 Å². The topological polar surface area (TPSA) is 97.5 Å². The highest BCUT2D eigenvalue weighted by atomic mass is 32.2. The third-order valence-corrected chi connectivity index (χ3v) is 3.30. The van der Waals surface area contributed by atoms with Crippen LogP contribution < -0.4 is 0 Å². The van der Waals surface area contributed by atoms with Crippen LogP contribution in [0.3, 0.4) is 0 Å². The lowest BCUT2D eigenvalue weighted by molar-refractivity contribution is -0.385. The molecule has 17 heavy (non-hydrogen) atoms. The Kier molecular flexibility index (Phi) is 4.77. The van der Waals surface area contributed by atoms with E-state index in [0.29, 0.717) is 5.56 Å². The average molecular weight is 257 g/mol. The van der Waals surface area contributed by atoms with Crippen molar-refractivity contribution < 1.29 is 19.0 Å². The number of carboxylic acid groups (broad SMARTS) is 1. The van der Waals surface area contributed by atoms with Crippen molar-refractivity contribution in [2.24, 2.45) is 0 Å². The molecule has 6 nitrogen and oxygen atoms in total. The summed E-state index contributed by atoms with van der Waals surface area (Å²) < 4.78 is 11.3. The predicted molar refractivity (Wildman–Crippen MR) is 62.3 cm³/mol. The molecule has 0 saturated carbocycles. The molecule has 0 heterocycles. The van der Waals surface area contributed by atoms with E-state index in [1.807, 2.05) is 0 Å². The average Bonchev–Trinajstić information content (AvgIpc) is 2.25. The van der Waals surface area contributed by atoms with Gasteiger partial charge in [-0.1, -0.05) is 18.2 Å². The highest BCUT2D eigenvalue weighted by Crippen LogP contribution is 2.18. The number of nitro groups is 1. The van der Waals surface area contributed by atoms with Gasteiger partial charge in [-0.05, 0) is 6.42 Å². The Bertz CT molecular complexity index is 460. The third kappa shape index (κ3) is 4.31. The van der Waals surface area contributed by atoms with Crippen LogP contribution in [0.4, 0.5) is 5.69 Å². The van der Waals surface area contributed by atoms with Gasteiger partial charge in [0.2, 0.25) is 0 Å². The van der Waals surface area contributed by atoms with Gasteiger partial charge in [0.15, 0.2) is 0 Å². The zero-order valence-corrected chi connectivity index (χ0v) is 9.68. The second kappa shape index (κ2) is 6.09. The van der Waals surface area contributed by atoms with Gasteiger partial charge < -0.3 is 5.11 Å². The first kappa shape index (κ1) is 13.3. The van der Waals surface area contributed by atoms with Crippen LogP contribution in [0, 0.1) is 10.1 Å². The Labute approximate surface area is 99.9 Å². The fourth-order valence-electron chi connectivity index (χ4n) is 1.33. The second-order valence-electron chi connectivity index (χ2n) is 3.32. The number of benzene rings is 1. The minimum atomic E-state index is -1.49. The molecule has 0 aliphatic rings. The number of hydrogen-bond donors (Lipinski definition) is 1. The molecule has 1 N–H and O–H groups in total. The fraction of sp³-hybridized carbons (Fsp3) is 0.300. The maximum absolute atomic E-state index is 11.3. The molecule has 92 valence electrons. The van der Waals surface area contributed by atoms with E-state index >= 15 is 0 Å². The number of rotatable bonds is 6. The lowest BCUT2D eigenvalue weighted by atomic mass is 10.1. The SMILES string of the molecule is O=C(O)CS(=O)CCc1ccccc1[N+](=O)[O-]. The molecule has 0 aliphatic carbocycles. The molecule has 0 radical (unpaired) electrons. The molecule has 0 saturated heterocycles. The first-order valence-corrected chi connectivity index (χ1v) is 6.28. The van der Waals surface area contributed by atoms with Gasteiger partial charge in [0.1, 0.15) is 5.75 Å². The molecule has 0 aromatic heterocycles. The molecule has 0 fully saturated rings. The number of carboxylic acids is 1. The Hall–Kier alpha value is -1.76. The lowest BCUT2D eigenvalue weighted by Crippen LogP contribution is -2.13. The molecule has 0 aliphatic heterocycles. The van der Waals surface area contributed by atoms with Crippen LogP contribution in [-0.4, -0.2) is 31.7 Å². The Morgan fingerprint density at radius 1 is 1.41 bits per heavy atom. The van der Waals surface area contributed by atoms with Crippen molar-refractivity contribution in [2.45, 2.75) is 6.42 Å². The van der Waals surface area contributed by atoms with Gasteiger partial charge >= 0.3 is 5.97 Å². The first-order valence-electron chi connectivity index (χ1n) is 4.79. The molecule has 0 amide bonds. The molecule has 1 rings (SSSR count). The van der Waals surface area contributed by atoms with Crippen LogP contribution in [-0.2, 0) is 22.0 Å². The number of nitro benzene ring substituents is 1. The van der Waals surface area contributed by atoms with E-state index in [4.69, 9.17) is 5.11 Å². The van der Waals surface area contributed by atoms with E-state index in [0.717, 1.165) is 0 Å². The standard InChI is InChI=1S/C10H11NO5S/c12-10(13)7-17(16)6-5-8-3-1-2-4-9(8)11(14)15/h1-4H,5-7H2,(H,12,13). The van der Waals surface area contributed by atoms with E-state index in [1.54, 1.807) is 18.2 Å². The molecule has 1 unspecified atom stereocenters. The van der Waals surface area contributed by atoms with Crippen LogP contribution in [0.5, 0.6) is 0 Å². The van der Waals surface area contributed by atoms with E-state index in [-0.39, 0.29) is 17.9 Å². The van der Waals surface area contributed by atoms with Crippen molar-refractivity contribution in [1.29, 1.82) is 0 Å². The second-order valence-corrected chi connectivity index (χ2v) is 4.89. The van der Waals surface area contributed by atoms with Crippen LogP contribution >= 0.6 is 0 Å². The molecule has 7 heteroatoms. The third-order valence-electron chi connectivity index (χ3n) is 2.07. The summed E-state index contributed by atoms with van der Waals surface area (Å²) in [7, 11) is -1.49. The maximum Gasteiger partial charge on any atom is 0.316 e. The van der Waals surface area contributed by atoms with Gasteiger partial charge in [0, 0.05) is 28.2 Å². The molecule has 1 aromatic carbocycles. The Morgan fingerprint density at radius 3 is 2.65 bits per heavy atom. The normalized spacial score (nSPS) is 12.0. The zero-order chi connectivity index (χ0) is 12.8. The summed E-state index contributed by atoms with van der Waals surface area (Å²) in [6.45, 7) is 0. The summed E-state index contributed by atoms with van der Waals surface area (Å²) >= 11 is 0. The number of nitrogens with zero attached hydrogens (tertiary/aromatic N) is 1. The minimum absolute atomic E-state index is 0.0279. The Balaban J connectivity index is 2.66. The van der Waals surface area contributed by atoms with E-state index in [2.05, 4.69) is 0 Å². The quantitative estimate of drug-likeness (QED) is 0.605. The summed E-state index contributed by atoms with van der Waals surface area (Å²) in [5.74, 6) is -1.46. The van der Waals surface area contributed by atoms with Crippen LogP contribution in [0.25, 0.3) is 0 Å². The number of hydrogen-bond acceptors (Lipinski definition) is 4. The minimum Gasteiger partial charge on any atom is -0.481 e. The van der Waals surface area contributed by atoms with E-state index in [9.17, 15) is 19.1 Å². The summed E-state index contributed by atoms with van der Waals surface area (Å²) in [6.07, 6.45) is 0.233. The summed E-state index contributed by atoms with van der Waals surface area (Å²) in [5.41, 5.74) is 0.441. The van der Waals surface area contributed by atoms with E-state index < -0.39 is 27.4 Å². The molecular formula is C10H11NO5S. The number of carbonyl (C=O) groups is 1. The van der Waals surface area contributed by atoms with Crippen molar-refractivity contribution in [2.75, 3.05) is 11.5 Å². The molecule has 0 spiro atoms. The highest BCUT2D eigenvalue weighted by molar-refractivity contribution is 7.85. The van der Waals surface area contributed by atoms with Crippen molar-refractivity contribution in [3.63, 3.8) is 0 Å². The number of aryl methyl sites for hydroxylation is 1. The molecular weight excluding hydrogens is 246 g/mol. The predicted octanol–water partition coefficient (Wildman–Crippen LogP) is 0.971.